The van der Waals surface area contributed by atoms with Gasteiger partial charge in [-0.3, -0.25) is 4.79 Å². The van der Waals surface area contributed by atoms with E-state index < -0.39 is 37.8 Å². The number of hydrogen-bond donors (Lipinski definition) is 3. The van der Waals surface area contributed by atoms with Crippen molar-refractivity contribution in [1.82, 2.24) is 19.8 Å². The molecule has 1 aromatic carbocycles. The number of amides is 1. The number of ether oxygens (including phenoxy) is 3. The summed E-state index contributed by atoms with van der Waals surface area (Å²) in [6.07, 6.45) is -0.812. The number of carbonyl (C=O) groups is 2. The zero-order chi connectivity index (χ0) is 32.8. The lowest BCUT2D eigenvalue weighted by Crippen LogP contribution is -2.49. The Bertz CT molecular complexity index is 1880. The Morgan fingerprint density at radius 2 is 2.02 bits per heavy atom. The second-order valence-corrected chi connectivity index (χ2v) is 12.5. The number of carbonyl (C=O) groups excluding carboxylic acids is 2. The van der Waals surface area contributed by atoms with Gasteiger partial charge in [0, 0.05) is 34.7 Å². The number of nitrogens with zero attached hydrogens (tertiary/aromatic N) is 4. The van der Waals surface area contributed by atoms with Crippen molar-refractivity contribution in [3.05, 3.63) is 62.2 Å². The SMILES string of the molecule is [C-]#[N+]c1cc2nc3c(cc2c(CN(C)C)c1OCOP(=O)(O)O)Cn1c-3cc2c(c1=O)COC(=O)[C@@]2(CC)OC(=O)NC(C)C. The number of pyridine rings is 2. The summed E-state index contributed by atoms with van der Waals surface area (Å²) in [5.74, 6) is -0.694. The first kappa shape index (κ1) is 32.1. The smallest absolute Gasteiger partial charge is 0.472 e. The predicted octanol–water partition coefficient (Wildman–Crippen LogP) is 3.28. The van der Waals surface area contributed by atoms with Crippen LogP contribution in [0.3, 0.4) is 0 Å². The minimum Gasteiger partial charge on any atom is -0.478 e. The normalized spacial score (nSPS) is 17.0. The fraction of sp³-hybridized carbons (Fsp3) is 0.414. The van der Waals surface area contributed by atoms with Crippen molar-refractivity contribution in [1.29, 1.82) is 0 Å². The minimum absolute atomic E-state index is 0.0159. The molecule has 5 rings (SSSR count). The van der Waals surface area contributed by atoms with E-state index in [0.717, 1.165) is 0 Å². The van der Waals surface area contributed by atoms with E-state index in [4.69, 9.17) is 35.6 Å². The van der Waals surface area contributed by atoms with Gasteiger partial charge in [-0.05, 0) is 52.6 Å². The molecular weight excluding hydrogens is 609 g/mol. The van der Waals surface area contributed by atoms with Crippen molar-refractivity contribution in [3.63, 3.8) is 0 Å². The summed E-state index contributed by atoms with van der Waals surface area (Å²) in [6, 6.07) is 4.69. The van der Waals surface area contributed by atoms with Crippen LogP contribution < -0.4 is 15.6 Å². The van der Waals surface area contributed by atoms with Crippen molar-refractivity contribution in [2.75, 3.05) is 20.9 Å². The van der Waals surface area contributed by atoms with E-state index in [1.165, 1.54) is 10.6 Å². The molecule has 0 unspecified atom stereocenters. The standard InChI is InChI=1S/C29H32N5O10P/c1-7-29(44-28(37)31-15(2)3)20-9-23-24-16(11-34(23)26(35)19(20)13-41-27(29)36)8-17-18(12-33(5)6)25(42-14-43-45(38,39)40)22(30-4)10-21(17)32-24/h8-10,15H,7,11-14H2,1-3,5-6H3,(H,31,37)(H2,38,39,40)/t29-/m0/s1. The largest absolute Gasteiger partial charge is 0.478 e. The number of hydrogen-bond acceptors (Lipinski definition) is 10. The van der Waals surface area contributed by atoms with E-state index in [-0.39, 0.29) is 54.7 Å². The van der Waals surface area contributed by atoms with Crippen molar-refractivity contribution in [2.24, 2.45) is 0 Å². The Morgan fingerprint density at radius 3 is 2.64 bits per heavy atom. The molecule has 0 fully saturated rings. The van der Waals surface area contributed by atoms with Gasteiger partial charge >= 0.3 is 19.9 Å². The molecule has 1 amide bonds. The Hall–Kier alpha value is -4.32. The molecule has 0 saturated heterocycles. The summed E-state index contributed by atoms with van der Waals surface area (Å²) in [7, 11) is -1.21. The number of rotatable bonds is 9. The number of fused-ring (bicyclic) bond motifs is 5. The van der Waals surface area contributed by atoms with E-state index in [0.29, 0.717) is 33.4 Å². The molecule has 0 radical (unpaired) electrons. The van der Waals surface area contributed by atoms with E-state index in [2.05, 4.69) is 14.7 Å². The molecule has 4 heterocycles. The van der Waals surface area contributed by atoms with E-state index in [9.17, 15) is 18.9 Å². The summed E-state index contributed by atoms with van der Waals surface area (Å²) in [5, 5.41) is 3.21. The molecule has 2 aliphatic rings. The van der Waals surface area contributed by atoms with E-state index in [1.807, 2.05) is 11.0 Å². The molecule has 16 heteroatoms. The number of phosphoric acid groups is 1. The molecule has 2 aromatic heterocycles. The summed E-state index contributed by atoms with van der Waals surface area (Å²) >= 11 is 0. The Balaban J connectivity index is 1.68. The summed E-state index contributed by atoms with van der Waals surface area (Å²) < 4.78 is 33.8. The van der Waals surface area contributed by atoms with Crippen molar-refractivity contribution < 1.29 is 42.7 Å². The molecule has 15 nitrogen and oxygen atoms in total. The molecule has 0 bridgehead atoms. The van der Waals surface area contributed by atoms with Crippen LogP contribution in [0.25, 0.3) is 27.1 Å². The number of cyclic esters (lactones) is 1. The third kappa shape index (κ3) is 5.90. The number of esters is 1. The highest BCUT2D eigenvalue weighted by atomic mass is 31.2. The van der Waals surface area contributed by atoms with Gasteiger partial charge in [-0.25, -0.2) is 28.5 Å². The van der Waals surface area contributed by atoms with Gasteiger partial charge in [0.25, 0.3) is 5.56 Å². The average molecular weight is 642 g/mol. The van der Waals surface area contributed by atoms with E-state index >= 15 is 0 Å². The fourth-order valence-corrected chi connectivity index (χ4v) is 5.80. The van der Waals surface area contributed by atoms with Gasteiger partial charge in [0.2, 0.25) is 11.3 Å². The predicted molar refractivity (Wildman–Crippen MR) is 159 cm³/mol. The van der Waals surface area contributed by atoms with Crippen LogP contribution in [0.15, 0.2) is 23.0 Å². The van der Waals surface area contributed by atoms with Crippen molar-refractivity contribution in [3.8, 4) is 17.1 Å². The van der Waals surface area contributed by atoms with Crippen LogP contribution in [-0.4, -0.2) is 63.2 Å². The first-order chi connectivity index (χ1) is 21.2. The van der Waals surface area contributed by atoms with Crippen LogP contribution in [0.4, 0.5) is 10.5 Å². The molecule has 238 valence electrons. The summed E-state index contributed by atoms with van der Waals surface area (Å²) in [4.78, 5) is 68.1. The third-order valence-electron chi connectivity index (χ3n) is 7.51. The quantitative estimate of drug-likeness (QED) is 0.105. The maximum Gasteiger partial charge on any atom is 0.472 e. The Labute approximate surface area is 257 Å². The number of aromatic nitrogens is 2. The summed E-state index contributed by atoms with van der Waals surface area (Å²) in [6.45, 7) is 12.3. The van der Waals surface area contributed by atoms with Crippen LogP contribution in [-0.2, 0) is 48.7 Å². The number of phosphoric ester groups is 1. The van der Waals surface area contributed by atoms with Crippen LogP contribution in [0, 0.1) is 6.57 Å². The first-order valence-corrected chi connectivity index (χ1v) is 15.5. The van der Waals surface area contributed by atoms with Gasteiger partial charge < -0.3 is 38.8 Å². The second kappa shape index (κ2) is 11.9. The van der Waals surface area contributed by atoms with Gasteiger partial charge in [-0.1, -0.05) is 6.92 Å². The number of alkyl carbamates (subject to hydrolysis) is 1. The highest BCUT2D eigenvalue weighted by Crippen LogP contribution is 2.44. The van der Waals surface area contributed by atoms with Gasteiger partial charge in [0.15, 0.2) is 6.79 Å². The first-order valence-electron chi connectivity index (χ1n) is 14.0. The van der Waals surface area contributed by atoms with Gasteiger partial charge in [0.05, 0.1) is 35.6 Å². The lowest BCUT2D eigenvalue weighted by atomic mass is 9.85. The molecule has 45 heavy (non-hydrogen) atoms. The van der Waals surface area contributed by atoms with Crippen LogP contribution in [0.1, 0.15) is 49.4 Å². The highest BCUT2D eigenvalue weighted by molar-refractivity contribution is 7.46. The molecular formula is C29H32N5O10P. The monoisotopic (exact) mass is 641 g/mol. The maximum atomic E-state index is 13.9. The second-order valence-electron chi connectivity index (χ2n) is 11.3. The minimum atomic E-state index is -4.82. The maximum absolute atomic E-state index is 13.9. The molecule has 3 aromatic rings. The molecule has 0 spiro atoms. The van der Waals surface area contributed by atoms with Crippen molar-refractivity contribution in [2.45, 2.75) is 58.5 Å². The van der Waals surface area contributed by atoms with E-state index in [1.54, 1.807) is 40.9 Å². The molecule has 2 aliphatic heterocycles. The average Bonchev–Trinajstić information content (AvgIpc) is 3.31. The third-order valence-corrected chi connectivity index (χ3v) is 7.95. The van der Waals surface area contributed by atoms with Crippen molar-refractivity contribution >= 4 is 36.5 Å². The zero-order valence-electron chi connectivity index (χ0n) is 25.2. The number of benzene rings is 1. The fourth-order valence-electron chi connectivity index (χ4n) is 5.61. The van der Waals surface area contributed by atoms with Crippen LogP contribution in [0.5, 0.6) is 5.75 Å². The molecule has 0 aliphatic carbocycles. The topological polar surface area (TPSA) is 183 Å². The molecule has 1 atom stereocenters. The molecule has 0 saturated carbocycles. The number of nitrogens with one attached hydrogen (secondary N) is 1. The van der Waals surface area contributed by atoms with Crippen LogP contribution >= 0.6 is 7.82 Å². The Morgan fingerprint density at radius 1 is 1.29 bits per heavy atom. The van der Waals surface area contributed by atoms with Gasteiger partial charge in [0.1, 0.15) is 12.4 Å². The zero-order valence-corrected chi connectivity index (χ0v) is 26.1. The lowest BCUT2D eigenvalue weighted by molar-refractivity contribution is -0.172. The highest BCUT2D eigenvalue weighted by Gasteiger charge is 2.50. The van der Waals surface area contributed by atoms with Crippen LogP contribution in [0.2, 0.25) is 0 Å². The lowest BCUT2D eigenvalue weighted by Gasteiger charge is -2.35. The summed E-state index contributed by atoms with van der Waals surface area (Å²) in [5.41, 5.74) is 0.663. The van der Waals surface area contributed by atoms with Gasteiger partial charge in [-0.15, -0.1) is 0 Å². The molecule has 3 N–H and O–H groups in total. The Kier molecular flexibility index (Phi) is 8.47. The van der Waals surface area contributed by atoms with Gasteiger partial charge in [-0.2, -0.15) is 0 Å².